The zero-order chi connectivity index (χ0) is 52.4. The first-order valence-electron chi connectivity index (χ1n) is 29.6. The molecule has 4 aromatic rings. The molecule has 0 amide bonds. The van der Waals surface area contributed by atoms with E-state index in [2.05, 4.69) is 72.7 Å². The lowest BCUT2D eigenvalue weighted by Gasteiger charge is -2.37. The molecule has 0 spiro atoms. The maximum atomic E-state index is 12.2. The highest BCUT2D eigenvalue weighted by Gasteiger charge is 2.43. The van der Waals surface area contributed by atoms with E-state index in [0.717, 1.165) is 71.9 Å². The van der Waals surface area contributed by atoms with Gasteiger partial charge in [-0.05, 0) is 70.2 Å². The number of aryl methyl sites for hydroxylation is 4. The van der Waals surface area contributed by atoms with E-state index in [1.165, 1.54) is 154 Å². The van der Waals surface area contributed by atoms with Gasteiger partial charge in [-0.3, -0.25) is 0 Å². The molecule has 0 aliphatic rings. The lowest BCUT2D eigenvalue weighted by molar-refractivity contribution is -0.415. The van der Waals surface area contributed by atoms with E-state index in [0.29, 0.717) is 48.6 Å². The minimum atomic E-state index is -1.68. The first-order chi connectivity index (χ1) is 35.6. The number of ether oxygens (including phenoxy) is 4. The summed E-state index contributed by atoms with van der Waals surface area (Å²) in [5.74, 6) is 0.0693. The second-order valence-electron chi connectivity index (χ2n) is 21.1. The lowest BCUT2D eigenvalue weighted by Crippen LogP contribution is -2.53. The van der Waals surface area contributed by atoms with Crippen molar-refractivity contribution in [3.8, 4) is 45.7 Å². The van der Waals surface area contributed by atoms with Gasteiger partial charge in [0.25, 0.3) is 0 Å². The number of benzene rings is 3. The van der Waals surface area contributed by atoms with Crippen molar-refractivity contribution in [2.75, 3.05) is 26.4 Å². The van der Waals surface area contributed by atoms with Crippen molar-refractivity contribution < 1.29 is 29.2 Å². The SMILES string of the molecule is CCCCCCCCCCCCOC(OCCCCCCCCCCCC)(OCCCCCCCCCCCC)C(O)COc1ccc(-c2nc(-c3ccc(C)cc3C)nc(-c3ccc(C)cc3C)n2)c(O)c1. The number of phenols is 1. The molecule has 4 rings (SSSR count). The number of phenolic OH excluding ortho intramolecular Hbond substituents is 1. The molecule has 408 valence electrons. The Kier molecular flexibility index (Phi) is 31.2. The largest absolute Gasteiger partial charge is 0.507 e. The predicted molar refractivity (Wildman–Crippen MR) is 304 cm³/mol. The third-order valence-electron chi connectivity index (χ3n) is 14.3. The van der Waals surface area contributed by atoms with Crippen LogP contribution in [0.4, 0.5) is 0 Å². The second-order valence-corrected chi connectivity index (χ2v) is 21.1. The molecule has 3 aromatic carbocycles. The Morgan fingerprint density at radius 3 is 1.05 bits per heavy atom. The molecule has 0 bridgehead atoms. The number of hydrogen-bond donors (Lipinski definition) is 2. The van der Waals surface area contributed by atoms with Crippen LogP contribution in [-0.2, 0) is 14.2 Å². The zero-order valence-corrected chi connectivity index (χ0v) is 47.2. The fourth-order valence-corrected chi connectivity index (χ4v) is 9.76. The van der Waals surface area contributed by atoms with Crippen LogP contribution in [0.5, 0.6) is 11.5 Å². The van der Waals surface area contributed by atoms with Crippen molar-refractivity contribution >= 4 is 0 Å². The standard InChI is InChI=1S/C64H101N3O6/c1-8-11-14-17-20-23-26-29-32-35-44-71-64(72-45-36-33-30-27-24-21-18-15-12-9-2,73-46-37-34-31-28-25-22-19-16-13-10-3)60(69)50-70-55-40-43-58(59(68)49-55)63-66-61(56-41-38-51(4)47-53(56)6)65-62(67-63)57-42-39-52(5)48-54(57)7/h38-43,47-49,60,68-69H,8-37,44-46,50H2,1-7H3. The highest BCUT2D eigenvalue weighted by Crippen LogP contribution is 2.35. The Morgan fingerprint density at radius 1 is 0.411 bits per heavy atom. The molecule has 0 aliphatic carbocycles. The number of aliphatic hydroxyl groups is 1. The van der Waals surface area contributed by atoms with Gasteiger partial charge in [0.05, 0.1) is 25.4 Å². The van der Waals surface area contributed by atoms with Crippen LogP contribution in [-0.4, -0.2) is 63.7 Å². The molecule has 1 aromatic heterocycles. The lowest BCUT2D eigenvalue weighted by atomic mass is 10.0. The highest BCUT2D eigenvalue weighted by molar-refractivity contribution is 5.72. The molecule has 0 fully saturated rings. The van der Waals surface area contributed by atoms with Crippen molar-refractivity contribution in [2.45, 2.75) is 253 Å². The molecule has 73 heavy (non-hydrogen) atoms. The van der Waals surface area contributed by atoms with Gasteiger partial charge in [-0.15, -0.1) is 0 Å². The quantitative estimate of drug-likeness (QED) is 0.0330. The Labute approximate surface area is 444 Å². The van der Waals surface area contributed by atoms with Gasteiger partial charge >= 0.3 is 5.97 Å². The minimum absolute atomic E-state index is 0.0470. The molecular formula is C64H101N3O6. The Bertz CT molecular complexity index is 1940. The van der Waals surface area contributed by atoms with E-state index in [1.807, 2.05) is 12.1 Å². The summed E-state index contributed by atoms with van der Waals surface area (Å²) < 4.78 is 26.1. The van der Waals surface area contributed by atoms with Crippen molar-refractivity contribution in [2.24, 2.45) is 0 Å². The first kappa shape index (κ1) is 61.7. The van der Waals surface area contributed by atoms with Gasteiger partial charge in [-0.25, -0.2) is 15.0 Å². The fourth-order valence-electron chi connectivity index (χ4n) is 9.76. The molecule has 1 unspecified atom stereocenters. The average Bonchev–Trinajstić information content (AvgIpc) is 3.37. The van der Waals surface area contributed by atoms with E-state index in [4.69, 9.17) is 33.9 Å². The van der Waals surface area contributed by atoms with Gasteiger partial charge < -0.3 is 29.2 Å². The molecular weight excluding hydrogens is 907 g/mol. The molecule has 1 atom stereocenters. The van der Waals surface area contributed by atoms with Crippen LogP contribution in [0.25, 0.3) is 34.2 Å². The number of unbranched alkanes of at least 4 members (excludes halogenated alkanes) is 27. The van der Waals surface area contributed by atoms with Crippen LogP contribution >= 0.6 is 0 Å². The predicted octanol–water partition coefficient (Wildman–Crippen LogP) is 18.0. The van der Waals surface area contributed by atoms with Crippen LogP contribution in [0.2, 0.25) is 0 Å². The number of aliphatic hydroxyl groups excluding tert-OH is 1. The second kappa shape index (κ2) is 37.0. The van der Waals surface area contributed by atoms with E-state index < -0.39 is 12.1 Å². The number of hydrogen-bond acceptors (Lipinski definition) is 9. The third-order valence-corrected chi connectivity index (χ3v) is 14.3. The molecule has 0 saturated heterocycles. The molecule has 9 heteroatoms. The molecule has 0 saturated carbocycles. The van der Waals surface area contributed by atoms with Gasteiger partial charge in [0, 0.05) is 17.2 Å². The highest BCUT2D eigenvalue weighted by atomic mass is 16.9. The molecule has 2 N–H and O–H groups in total. The minimum Gasteiger partial charge on any atom is -0.507 e. The maximum absolute atomic E-state index is 12.2. The normalized spacial score (nSPS) is 12.2. The monoisotopic (exact) mass is 1010 g/mol. The summed E-state index contributed by atoms with van der Waals surface area (Å²) in [6, 6.07) is 17.6. The summed E-state index contributed by atoms with van der Waals surface area (Å²) in [4.78, 5) is 14.8. The van der Waals surface area contributed by atoms with Gasteiger partial charge in [-0.2, -0.15) is 0 Å². The van der Waals surface area contributed by atoms with E-state index >= 15 is 0 Å². The molecule has 0 aliphatic heterocycles. The van der Waals surface area contributed by atoms with Crippen molar-refractivity contribution in [1.29, 1.82) is 0 Å². The molecule has 9 nitrogen and oxygen atoms in total. The van der Waals surface area contributed by atoms with Crippen LogP contribution in [0, 0.1) is 27.7 Å². The van der Waals surface area contributed by atoms with Gasteiger partial charge in [-0.1, -0.05) is 242 Å². The number of rotatable bonds is 43. The Hall–Kier alpha value is -3.89. The van der Waals surface area contributed by atoms with Gasteiger partial charge in [0.15, 0.2) is 23.6 Å². The summed E-state index contributed by atoms with van der Waals surface area (Å²) in [5.41, 5.74) is 6.67. The Balaban J connectivity index is 1.50. The van der Waals surface area contributed by atoms with E-state index in [-0.39, 0.29) is 12.4 Å². The average molecular weight is 1010 g/mol. The summed E-state index contributed by atoms with van der Waals surface area (Å²) in [7, 11) is 0. The number of aromatic hydroxyl groups is 1. The van der Waals surface area contributed by atoms with E-state index in [1.54, 1.807) is 18.2 Å². The molecule has 0 radical (unpaired) electrons. The van der Waals surface area contributed by atoms with Crippen LogP contribution in [0.3, 0.4) is 0 Å². The van der Waals surface area contributed by atoms with Crippen molar-refractivity contribution in [3.05, 3.63) is 76.9 Å². The number of nitrogens with zero attached hydrogens (tertiary/aromatic N) is 3. The van der Waals surface area contributed by atoms with Crippen LogP contribution in [0.15, 0.2) is 54.6 Å². The smallest absolute Gasteiger partial charge is 0.314 e. The third kappa shape index (κ3) is 23.7. The summed E-state index contributed by atoms with van der Waals surface area (Å²) in [6.45, 7) is 16.2. The topological polar surface area (TPSA) is 116 Å². The fraction of sp³-hybridized carbons (Fsp3) is 0.672. The van der Waals surface area contributed by atoms with Crippen molar-refractivity contribution in [1.82, 2.24) is 15.0 Å². The summed E-state index contributed by atoms with van der Waals surface area (Å²) >= 11 is 0. The maximum Gasteiger partial charge on any atom is 0.314 e. The van der Waals surface area contributed by atoms with E-state index in [9.17, 15) is 10.2 Å². The van der Waals surface area contributed by atoms with Crippen molar-refractivity contribution in [3.63, 3.8) is 0 Å². The summed E-state index contributed by atoms with van der Waals surface area (Å²) in [6.07, 6.45) is 35.3. The Morgan fingerprint density at radius 2 is 0.726 bits per heavy atom. The molecule has 1 heterocycles. The summed E-state index contributed by atoms with van der Waals surface area (Å²) in [5, 5.41) is 23.8. The first-order valence-corrected chi connectivity index (χ1v) is 29.6. The van der Waals surface area contributed by atoms with Gasteiger partial charge in [0.1, 0.15) is 18.1 Å². The van der Waals surface area contributed by atoms with Crippen LogP contribution in [0.1, 0.15) is 236 Å². The van der Waals surface area contributed by atoms with Crippen LogP contribution < -0.4 is 4.74 Å². The van der Waals surface area contributed by atoms with Gasteiger partial charge in [0.2, 0.25) is 0 Å². The zero-order valence-electron chi connectivity index (χ0n) is 47.2. The number of aromatic nitrogens is 3.